The van der Waals surface area contributed by atoms with Crippen LogP contribution in [-0.4, -0.2) is 0 Å². The molecule has 1 aromatic rings. The zero-order valence-electron chi connectivity index (χ0n) is 5.91. The van der Waals surface area contributed by atoms with Gasteiger partial charge in [0.15, 0.2) is 0 Å². The monoisotopic (exact) mass is 150 g/mol. The molecule has 0 aliphatic carbocycles. The molecule has 52 valence electrons. The van der Waals surface area contributed by atoms with Crippen molar-refractivity contribution in [3.8, 4) is 0 Å². The lowest BCUT2D eigenvalue weighted by atomic mass is 10.2. The number of hydrogen-bond acceptors (Lipinski definition) is 1. The molecule has 0 heterocycles. The van der Waals surface area contributed by atoms with Gasteiger partial charge in [-0.25, -0.2) is 0 Å². The average Bonchev–Trinajstić information content (AvgIpc) is 1.94. The molecule has 0 amide bonds. The Morgan fingerprint density at radius 1 is 1.30 bits per heavy atom. The van der Waals surface area contributed by atoms with Crippen LogP contribution < -0.4 is 0 Å². The van der Waals surface area contributed by atoms with Crippen molar-refractivity contribution in [2.75, 3.05) is 0 Å². The summed E-state index contributed by atoms with van der Waals surface area (Å²) in [6, 6.07) is 8.02. The van der Waals surface area contributed by atoms with Gasteiger partial charge in [-0.05, 0) is 18.6 Å². The highest BCUT2D eigenvalue weighted by atomic mass is 32.1. The maximum absolute atomic E-state index is 4.28. The van der Waals surface area contributed by atoms with Crippen LogP contribution in [0.1, 0.15) is 12.5 Å². The molecule has 0 unspecified atom stereocenters. The van der Waals surface area contributed by atoms with Crippen LogP contribution in [0.3, 0.4) is 0 Å². The number of benzene rings is 1. The van der Waals surface area contributed by atoms with Gasteiger partial charge in [0.25, 0.3) is 0 Å². The van der Waals surface area contributed by atoms with Gasteiger partial charge in [0.2, 0.25) is 0 Å². The molecule has 10 heavy (non-hydrogen) atoms. The Balaban J connectivity index is 3.03. The largest absolute Gasteiger partial charge is 0.143 e. The Labute approximate surface area is 67.0 Å². The first-order chi connectivity index (χ1) is 4.84. The second-order valence-electron chi connectivity index (χ2n) is 2.06. The lowest BCUT2D eigenvalue weighted by molar-refractivity contribution is 1.43. The molecule has 0 saturated carbocycles. The van der Waals surface area contributed by atoms with Crippen LogP contribution >= 0.6 is 12.6 Å². The fourth-order valence-electron chi connectivity index (χ4n) is 0.808. The summed E-state index contributed by atoms with van der Waals surface area (Å²) in [5.41, 5.74) is 1.17. The van der Waals surface area contributed by atoms with Gasteiger partial charge in [0.05, 0.1) is 0 Å². The van der Waals surface area contributed by atoms with E-state index in [1.54, 1.807) is 0 Å². The quantitative estimate of drug-likeness (QED) is 0.584. The van der Waals surface area contributed by atoms with E-state index in [-0.39, 0.29) is 0 Å². The molecule has 0 aromatic heterocycles. The van der Waals surface area contributed by atoms with Gasteiger partial charge >= 0.3 is 0 Å². The smallest absolute Gasteiger partial charge is 0.0112 e. The fraction of sp³-hybridized carbons (Fsp3) is 0.111. The minimum Gasteiger partial charge on any atom is -0.143 e. The summed E-state index contributed by atoms with van der Waals surface area (Å²) in [5.74, 6) is 0. The molecule has 1 rings (SSSR count). The summed E-state index contributed by atoms with van der Waals surface area (Å²) in [5, 5.41) is 0. The molecule has 0 radical (unpaired) electrons. The lowest BCUT2D eigenvalue weighted by Gasteiger charge is -1.95. The second-order valence-corrected chi connectivity index (χ2v) is 2.54. The van der Waals surface area contributed by atoms with E-state index in [4.69, 9.17) is 0 Å². The van der Waals surface area contributed by atoms with Gasteiger partial charge in [-0.3, -0.25) is 0 Å². The zero-order valence-corrected chi connectivity index (χ0v) is 6.81. The van der Waals surface area contributed by atoms with Crippen molar-refractivity contribution in [1.29, 1.82) is 0 Å². The summed E-state index contributed by atoms with van der Waals surface area (Å²) >= 11 is 4.28. The molecular formula is C9H10S. The summed E-state index contributed by atoms with van der Waals surface area (Å²) in [6.45, 7) is 2.00. The Morgan fingerprint density at radius 2 is 2.00 bits per heavy atom. The van der Waals surface area contributed by atoms with Crippen molar-refractivity contribution in [2.45, 2.75) is 11.8 Å². The molecule has 0 aliphatic heterocycles. The van der Waals surface area contributed by atoms with Gasteiger partial charge in [0, 0.05) is 4.90 Å². The minimum atomic E-state index is 1.03. The van der Waals surface area contributed by atoms with Crippen molar-refractivity contribution in [3.63, 3.8) is 0 Å². The number of allylic oxidation sites excluding steroid dienone is 1. The van der Waals surface area contributed by atoms with Crippen LogP contribution in [0.25, 0.3) is 6.08 Å². The van der Waals surface area contributed by atoms with Crippen LogP contribution in [-0.2, 0) is 0 Å². The average molecular weight is 150 g/mol. The van der Waals surface area contributed by atoms with Crippen molar-refractivity contribution in [1.82, 2.24) is 0 Å². The van der Waals surface area contributed by atoms with E-state index in [1.165, 1.54) is 5.56 Å². The van der Waals surface area contributed by atoms with Crippen LogP contribution in [0.15, 0.2) is 35.2 Å². The van der Waals surface area contributed by atoms with E-state index in [1.807, 2.05) is 43.3 Å². The second kappa shape index (κ2) is 3.47. The third kappa shape index (κ3) is 1.64. The van der Waals surface area contributed by atoms with Gasteiger partial charge in [0.1, 0.15) is 0 Å². The maximum Gasteiger partial charge on any atom is 0.0112 e. The Hall–Kier alpha value is -0.690. The van der Waals surface area contributed by atoms with Crippen molar-refractivity contribution in [3.05, 3.63) is 35.9 Å². The first kappa shape index (κ1) is 7.42. The molecule has 1 aromatic carbocycles. The highest BCUT2D eigenvalue weighted by Crippen LogP contribution is 2.13. The predicted molar refractivity (Wildman–Crippen MR) is 48.4 cm³/mol. The first-order valence-corrected chi connectivity index (χ1v) is 3.70. The molecule has 0 nitrogen and oxygen atoms in total. The number of thiol groups is 1. The van der Waals surface area contributed by atoms with Gasteiger partial charge in [-0.15, -0.1) is 12.6 Å². The fourth-order valence-corrected chi connectivity index (χ4v) is 1.04. The SMILES string of the molecule is CC=Cc1ccccc1S. The van der Waals surface area contributed by atoms with Crippen LogP contribution in [0.2, 0.25) is 0 Å². The third-order valence-corrected chi connectivity index (χ3v) is 1.69. The highest BCUT2D eigenvalue weighted by molar-refractivity contribution is 7.80. The highest BCUT2D eigenvalue weighted by Gasteiger charge is 1.88. The van der Waals surface area contributed by atoms with Crippen LogP contribution in [0, 0.1) is 0 Å². The lowest BCUT2D eigenvalue weighted by Crippen LogP contribution is -1.72. The van der Waals surface area contributed by atoms with Gasteiger partial charge in [-0.1, -0.05) is 30.4 Å². The predicted octanol–water partition coefficient (Wildman–Crippen LogP) is 3.01. The first-order valence-electron chi connectivity index (χ1n) is 3.25. The van der Waals surface area contributed by atoms with E-state index < -0.39 is 0 Å². The number of rotatable bonds is 1. The summed E-state index contributed by atoms with van der Waals surface area (Å²) in [4.78, 5) is 1.03. The molecule has 0 N–H and O–H groups in total. The molecule has 0 aliphatic rings. The molecule has 0 spiro atoms. The summed E-state index contributed by atoms with van der Waals surface area (Å²) < 4.78 is 0. The molecule has 0 fully saturated rings. The van der Waals surface area contributed by atoms with Crippen molar-refractivity contribution >= 4 is 18.7 Å². The Morgan fingerprint density at radius 3 is 2.60 bits per heavy atom. The standard InChI is InChI=1S/C9H10S/c1-2-5-8-6-3-4-7-9(8)10/h2-7,10H,1H3. The summed E-state index contributed by atoms with van der Waals surface area (Å²) in [7, 11) is 0. The molecular weight excluding hydrogens is 140 g/mol. The normalized spacial score (nSPS) is 10.6. The van der Waals surface area contributed by atoms with E-state index >= 15 is 0 Å². The molecule has 0 saturated heterocycles. The van der Waals surface area contributed by atoms with E-state index in [9.17, 15) is 0 Å². The Kier molecular flexibility index (Phi) is 2.57. The Bertz CT molecular complexity index is 238. The molecule has 0 bridgehead atoms. The number of hydrogen-bond donors (Lipinski definition) is 1. The van der Waals surface area contributed by atoms with Crippen molar-refractivity contribution < 1.29 is 0 Å². The third-order valence-electron chi connectivity index (χ3n) is 1.28. The molecule has 1 heteroatoms. The minimum absolute atomic E-state index is 1.03. The van der Waals surface area contributed by atoms with Gasteiger partial charge < -0.3 is 0 Å². The van der Waals surface area contributed by atoms with E-state index in [0.717, 1.165) is 4.90 Å². The van der Waals surface area contributed by atoms with E-state index in [0.29, 0.717) is 0 Å². The zero-order chi connectivity index (χ0) is 7.40. The van der Waals surface area contributed by atoms with E-state index in [2.05, 4.69) is 12.6 Å². The molecule has 0 atom stereocenters. The summed E-state index contributed by atoms with van der Waals surface area (Å²) in [6.07, 6.45) is 4.05. The van der Waals surface area contributed by atoms with Crippen molar-refractivity contribution in [2.24, 2.45) is 0 Å². The topological polar surface area (TPSA) is 0 Å². The van der Waals surface area contributed by atoms with Crippen LogP contribution in [0.5, 0.6) is 0 Å². The van der Waals surface area contributed by atoms with Crippen LogP contribution in [0.4, 0.5) is 0 Å². The maximum atomic E-state index is 4.28. The van der Waals surface area contributed by atoms with Gasteiger partial charge in [-0.2, -0.15) is 0 Å².